The number of hydrogen-bond donors (Lipinski definition) is 2. The van der Waals surface area contributed by atoms with Crippen LogP contribution < -0.4 is 15.4 Å². The Labute approximate surface area is 229 Å². The molecular formula is C27H29F3N8O2. The van der Waals surface area contributed by atoms with Crippen molar-refractivity contribution in [2.24, 2.45) is 7.05 Å². The summed E-state index contributed by atoms with van der Waals surface area (Å²) >= 11 is 0. The van der Waals surface area contributed by atoms with Gasteiger partial charge in [0.15, 0.2) is 17.4 Å². The van der Waals surface area contributed by atoms with Crippen LogP contribution >= 0.6 is 0 Å². The highest BCUT2D eigenvalue weighted by Gasteiger charge is 2.29. The first kappa shape index (κ1) is 28.5. The van der Waals surface area contributed by atoms with Crippen molar-refractivity contribution in [2.45, 2.75) is 26.1 Å². The molecule has 0 spiro atoms. The fraction of sp³-hybridized carbons (Fsp3) is 0.296. The molecule has 0 saturated heterocycles. The van der Waals surface area contributed by atoms with Crippen molar-refractivity contribution in [1.82, 2.24) is 29.6 Å². The molecule has 40 heavy (non-hydrogen) atoms. The van der Waals surface area contributed by atoms with Gasteiger partial charge in [0.1, 0.15) is 18.0 Å². The van der Waals surface area contributed by atoms with Gasteiger partial charge in [-0.2, -0.15) is 18.3 Å². The molecule has 13 heteroatoms. The Kier molecular flexibility index (Phi) is 8.63. The summed E-state index contributed by atoms with van der Waals surface area (Å²) in [5.41, 5.74) is 2.80. The molecule has 4 aromatic rings. The molecule has 0 bridgehead atoms. The smallest absolute Gasteiger partial charge is 0.401 e. The third kappa shape index (κ3) is 7.11. The molecule has 0 radical (unpaired) electrons. The molecule has 0 aliphatic rings. The van der Waals surface area contributed by atoms with Crippen LogP contribution in [0.4, 0.5) is 36.2 Å². The molecule has 0 aliphatic carbocycles. The fourth-order valence-electron chi connectivity index (χ4n) is 4.08. The maximum absolute atomic E-state index is 12.7. The number of nitrogens with one attached hydrogen (secondary N) is 2. The van der Waals surface area contributed by atoms with Gasteiger partial charge in [0, 0.05) is 38.5 Å². The number of para-hydroxylation sites is 1. The number of carbonyl (C=O) groups excluding carboxylic acids is 1. The number of aromatic nitrogens is 5. The van der Waals surface area contributed by atoms with Gasteiger partial charge in [-0.05, 0) is 30.8 Å². The highest BCUT2D eigenvalue weighted by Crippen LogP contribution is 2.37. The predicted octanol–water partition coefficient (Wildman–Crippen LogP) is 5.35. The highest BCUT2D eigenvalue weighted by atomic mass is 19.4. The number of ether oxygens (including phenoxy) is 1. The van der Waals surface area contributed by atoms with E-state index in [0.717, 1.165) is 0 Å². The van der Waals surface area contributed by atoms with E-state index in [-0.39, 0.29) is 18.7 Å². The number of ketones is 1. The Bertz CT molecular complexity index is 1470. The number of aryl methyl sites for hydroxylation is 1. The molecule has 3 heterocycles. The van der Waals surface area contributed by atoms with E-state index in [4.69, 9.17) is 4.74 Å². The largest absolute Gasteiger partial charge is 0.494 e. The Morgan fingerprint density at radius 3 is 2.45 bits per heavy atom. The summed E-state index contributed by atoms with van der Waals surface area (Å²) in [7, 11) is 4.71. The summed E-state index contributed by atoms with van der Waals surface area (Å²) in [6.07, 6.45) is 0.588. The first-order valence-corrected chi connectivity index (χ1v) is 12.4. The number of carbonyl (C=O) groups is 1. The van der Waals surface area contributed by atoms with Gasteiger partial charge in [-0.15, -0.1) is 0 Å². The summed E-state index contributed by atoms with van der Waals surface area (Å²) in [5, 5.41) is 10.7. The van der Waals surface area contributed by atoms with Crippen LogP contribution in [0, 0.1) is 0 Å². The van der Waals surface area contributed by atoms with Gasteiger partial charge in [-0.3, -0.25) is 14.4 Å². The van der Waals surface area contributed by atoms with Crippen molar-refractivity contribution >= 4 is 28.8 Å². The molecule has 0 saturated carbocycles. The fourth-order valence-corrected chi connectivity index (χ4v) is 4.08. The third-order valence-electron chi connectivity index (χ3n) is 5.84. The van der Waals surface area contributed by atoms with Gasteiger partial charge in [0.05, 0.1) is 36.2 Å². The molecule has 0 amide bonds. The van der Waals surface area contributed by atoms with E-state index in [1.165, 1.54) is 24.3 Å². The third-order valence-corrected chi connectivity index (χ3v) is 5.84. The number of halogens is 3. The second-order valence-corrected chi connectivity index (χ2v) is 9.11. The van der Waals surface area contributed by atoms with Crippen LogP contribution in [0.1, 0.15) is 29.3 Å². The Hall–Kier alpha value is -4.52. The molecule has 0 fully saturated rings. The molecule has 10 nitrogen and oxygen atoms in total. The molecule has 210 valence electrons. The predicted molar refractivity (Wildman–Crippen MR) is 145 cm³/mol. The molecule has 0 atom stereocenters. The zero-order chi connectivity index (χ0) is 28.9. The van der Waals surface area contributed by atoms with E-state index in [0.29, 0.717) is 51.3 Å². The van der Waals surface area contributed by atoms with E-state index < -0.39 is 12.7 Å². The maximum atomic E-state index is 12.7. The number of alkyl halides is 3. The Morgan fingerprint density at radius 2 is 1.82 bits per heavy atom. The number of anilines is 4. The van der Waals surface area contributed by atoms with Gasteiger partial charge in [-0.25, -0.2) is 15.0 Å². The van der Waals surface area contributed by atoms with Gasteiger partial charge < -0.3 is 15.4 Å². The number of pyridine rings is 2. The summed E-state index contributed by atoms with van der Waals surface area (Å²) < 4.78 is 45.1. The minimum Gasteiger partial charge on any atom is -0.494 e. The first-order chi connectivity index (χ1) is 19.1. The number of methoxy groups -OCH3 is 1. The number of benzene rings is 1. The van der Waals surface area contributed by atoms with Crippen molar-refractivity contribution in [1.29, 1.82) is 0 Å². The standard InChI is InChI=1S/C27H29F3N8O2/c1-5-22(39)19-13-32-24(35-23-10-9-17(12-31-23)14-37(2)15-27(28,29)30)11-21(19)34-20-8-6-7-18(25(20)40-4)26-33-16-38(3)36-26/h6-13,16H,5,14-15H2,1-4H3,(H2,31,32,34,35). The number of Topliss-reactive ketones (excluding diaryl/α,β-unsaturated/α-hetero) is 1. The van der Waals surface area contributed by atoms with Gasteiger partial charge >= 0.3 is 6.18 Å². The number of nitrogens with zero attached hydrogens (tertiary/aromatic N) is 6. The topological polar surface area (TPSA) is 110 Å². The summed E-state index contributed by atoms with van der Waals surface area (Å²) in [6, 6.07) is 10.5. The molecule has 3 aromatic heterocycles. The van der Waals surface area contributed by atoms with Crippen LogP contribution in [0.15, 0.2) is 55.1 Å². The van der Waals surface area contributed by atoms with Crippen molar-refractivity contribution in [3.8, 4) is 17.1 Å². The highest BCUT2D eigenvalue weighted by molar-refractivity contribution is 6.02. The van der Waals surface area contributed by atoms with Crippen LogP contribution in [0.25, 0.3) is 11.4 Å². The lowest BCUT2D eigenvalue weighted by Gasteiger charge is -2.18. The molecule has 0 aliphatic heterocycles. The second-order valence-electron chi connectivity index (χ2n) is 9.11. The maximum Gasteiger partial charge on any atom is 0.401 e. The van der Waals surface area contributed by atoms with Crippen molar-refractivity contribution in [3.63, 3.8) is 0 Å². The number of rotatable bonds is 11. The lowest BCUT2D eigenvalue weighted by Crippen LogP contribution is -2.30. The lowest BCUT2D eigenvalue weighted by molar-refractivity contribution is -0.144. The molecule has 2 N–H and O–H groups in total. The zero-order valence-corrected chi connectivity index (χ0v) is 22.5. The average Bonchev–Trinajstić information content (AvgIpc) is 3.34. The van der Waals surface area contributed by atoms with Crippen molar-refractivity contribution < 1.29 is 22.7 Å². The molecular weight excluding hydrogens is 525 g/mol. The van der Waals surface area contributed by atoms with Crippen LogP contribution in [0.2, 0.25) is 0 Å². The lowest BCUT2D eigenvalue weighted by atomic mass is 10.1. The van der Waals surface area contributed by atoms with E-state index in [2.05, 4.69) is 30.7 Å². The van der Waals surface area contributed by atoms with E-state index in [9.17, 15) is 18.0 Å². The summed E-state index contributed by atoms with van der Waals surface area (Å²) in [4.78, 5) is 26.9. The average molecular weight is 555 g/mol. The van der Waals surface area contributed by atoms with Crippen LogP contribution in [-0.4, -0.2) is 62.3 Å². The number of hydrogen-bond acceptors (Lipinski definition) is 9. The van der Waals surface area contributed by atoms with Gasteiger partial charge in [0.25, 0.3) is 0 Å². The quantitative estimate of drug-likeness (QED) is 0.237. The monoisotopic (exact) mass is 554 g/mol. The molecule has 0 unspecified atom stereocenters. The van der Waals surface area contributed by atoms with Crippen LogP contribution in [-0.2, 0) is 13.6 Å². The van der Waals surface area contributed by atoms with Gasteiger partial charge in [0.2, 0.25) is 0 Å². The normalized spacial score (nSPS) is 11.5. The summed E-state index contributed by atoms with van der Waals surface area (Å²) in [6.45, 7) is 0.854. The SMILES string of the molecule is CCC(=O)c1cnc(Nc2ccc(CN(C)CC(F)(F)F)cn2)cc1Nc1cccc(-c2ncn(C)n2)c1OC. The Morgan fingerprint density at radius 1 is 1.05 bits per heavy atom. The van der Waals surface area contributed by atoms with Gasteiger partial charge in [-0.1, -0.05) is 19.1 Å². The molecule has 1 aromatic carbocycles. The van der Waals surface area contributed by atoms with Crippen molar-refractivity contribution in [2.75, 3.05) is 31.3 Å². The van der Waals surface area contributed by atoms with Crippen molar-refractivity contribution in [3.05, 3.63) is 66.2 Å². The molecule has 4 rings (SSSR count). The van der Waals surface area contributed by atoms with Crippen LogP contribution in [0.5, 0.6) is 5.75 Å². The van der Waals surface area contributed by atoms with Crippen LogP contribution in [0.3, 0.4) is 0 Å². The minimum atomic E-state index is -4.27. The zero-order valence-electron chi connectivity index (χ0n) is 22.5. The second kappa shape index (κ2) is 12.1. The van der Waals surface area contributed by atoms with E-state index in [1.807, 2.05) is 18.2 Å². The Balaban J connectivity index is 1.58. The first-order valence-electron chi connectivity index (χ1n) is 12.4. The van der Waals surface area contributed by atoms with E-state index >= 15 is 0 Å². The minimum absolute atomic E-state index is 0.0991. The summed E-state index contributed by atoms with van der Waals surface area (Å²) in [5.74, 6) is 1.74. The van der Waals surface area contributed by atoms with E-state index in [1.54, 1.807) is 50.3 Å².